The molecule has 15 heavy (non-hydrogen) atoms. The van der Waals surface area contributed by atoms with E-state index in [1.807, 2.05) is 6.07 Å². The minimum atomic E-state index is -0.101. The smallest absolute Gasteiger partial charge is 0.0166 e. The second kappa shape index (κ2) is 5.89. The molecule has 0 aliphatic rings. The molecule has 1 aromatic rings. The number of hydrogen-bond acceptors (Lipinski definition) is 2. The second-order valence-corrected chi connectivity index (χ2v) is 4.56. The Balaban J connectivity index is 2.42. The summed E-state index contributed by atoms with van der Waals surface area (Å²) in [6.45, 7) is 2.89. The fraction of sp³-hybridized carbons (Fsp3) is 0.538. The molecule has 0 aliphatic heterocycles. The maximum absolute atomic E-state index is 6.25. The SMILES string of the molecule is CC(N)(CCCCN)Cc1ccccc1. The highest BCUT2D eigenvalue weighted by Crippen LogP contribution is 2.16. The molecule has 2 nitrogen and oxygen atoms in total. The molecule has 0 saturated carbocycles. The first kappa shape index (κ1) is 12.2. The molecular weight excluding hydrogens is 184 g/mol. The molecule has 0 spiro atoms. The number of nitrogens with two attached hydrogens (primary N) is 2. The summed E-state index contributed by atoms with van der Waals surface area (Å²) < 4.78 is 0. The van der Waals surface area contributed by atoms with E-state index >= 15 is 0 Å². The van der Waals surface area contributed by atoms with E-state index in [0.717, 1.165) is 32.2 Å². The lowest BCUT2D eigenvalue weighted by molar-refractivity contribution is 0.411. The van der Waals surface area contributed by atoms with Gasteiger partial charge in [0, 0.05) is 5.54 Å². The highest BCUT2D eigenvalue weighted by atomic mass is 14.7. The van der Waals surface area contributed by atoms with Crippen molar-refractivity contribution in [2.45, 2.75) is 38.1 Å². The molecule has 1 rings (SSSR count). The van der Waals surface area contributed by atoms with E-state index in [4.69, 9.17) is 11.5 Å². The van der Waals surface area contributed by atoms with Gasteiger partial charge in [-0.2, -0.15) is 0 Å². The minimum absolute atomic E-state index is 0.101. The van der Waals surface area contributed by atoms with Crippen LogP contribution in [-0.2, 0) is 6.42 Å². The number of benzene rings is 1. The quantitative estimate of drug-likeness (QED) is 0.700. The molecular formula is C13H22N2. The number of unbranched alkanes of at least 4 members (excludes halogenated alkanes) is 1. The summed E-state index contributed by atoms with van der Waals surface area (Å²) in [5.41, 5.74) is 12.9. The lowest BCUT2D eigenvalue weighted by Crippen LogP contribution is -2.38. The Morgan fingerprint density at radius 1 is 1.13 bits per heavy atom. The highest BCUT2D eigenvalue weighted by molar-refractivity contribution is 5.17. The van der Waals surface area contributed by atoms with Crippen LogP contribution in [0.25, 0.3) is 0 Å². The van der Waals surface area contributed by atoms with Gasteiger partial charge < -0.3 is 11.5 Å². The van der Waals surface area contributed by atoms with Gasteiger partial charge in [-0.15, -0.1) is 0 Å². The standard InChI is InChI=1S/C13H22N2/c1-13(15,9-5-6-10-14)11-12-7-3-2-4-8-12/h2-4,7-8H,5-6,9-11,14-15H2,1H3. The van der Waals surface area contributed by atoms with Gasteiger partial charge in [-0.25, -0.2) is 0 Å². The minimum Gasteiger partial charge on any atom is -0.330 e. The summed E-state index contributed by atoms with van der Waals surface area (Å²) in [5.74, 6) is 0. The summed E-state index contributed by atoms with van der Waals surface area (Å²) in [6, 6.07) is 10.4. The molecule has 0 aromatic heterocycles. The summed E-state index contributed by atoms with van der Waals surface area (Å²) in [4.78, 5) is 0. The molecule has 0 aliphatic carbocycles. The molecule has 1 atom stereocenters. The van der Waals surface area contributed by atoms with E-state index in [1.165, 1.54) is 5.56 Å². The molecule has 0 fully saturated rings. The van der Waals surface area contributed by atoms with Crippen LogP contribution in [0.2, 0.25) is 0 Å². The number of hydrogen-bond donors (Lipinski definition) is 2. The summed E-state index contributed by atoms with van der Waals surface area (Å²) >= 11 is 0. The molecule has 1 aromatic carbocycles. The Morgan fingerprint density at radius 2 is 1.80 bits per heavy atom. The van der Waals surface area contributed by atoms with Crippen molar-refractivity contribution in [3.05, 3.63) is 35.9 Å². The zero-order chi connectivity index (χ0) is 11.1. The molecule has 2 heteroatoms. The van der Waals surface area contributed by atoms with Crippen LogP contribution >= 0.6 is 0 Å². The van der Waals surface area contributed by atoms with E-state index in [2.05, 4.69) is 31.2 Å². The average molecular weight is 206 g/mol. The first-order valence-corrected chi connectivity index (χ1v) is 5.67. The Bertz CT molecular complexity index is 267. The third-order valence-corrected chi connectivity index (χ3v) is 2.65. The molecule has 0 saturated heterocycles. The topological polar surface area (TPSA) is 52.0 Å². The zero-order valence-corrected chi connectivity index (χ0v) is 9.58. The first-order valence-electron chi connectivity index (χ1n) is 5.67. The Morgan fingerprint density at radius 3 is 2.40 bits per heavy atom. The van der Waals surface area contributed by atoms with Crippen LogP contribution in [0.15, 0.2) is 30.3 Å². The zero-order valence-electron chi connectivity index (χ0n) is 9.58. The van der Waals surface area contributed by atoms with Crippen molar-refractivity contribution >= 4 is 0 Å². The predicted octanol–water partition coefficient (Wildman–Crippen LogP) is 2.08. The number of rotatable bonds is 6. The monoisotopic (exact) mass is 206 g/mol. The first-order chi connectivity index (χ1) is 7.14. The third-order valence-electron chi connectivity index (χ3n) is 2.65. The molecule has 4 N–H and O–H groups in total. The summed E-state index contributed by atoms with van der Waals surface area (Å²) in [6.07, 6.45) is 4.18. The van der Waals surface area contributed by atoms with Crippen molar-refractivity contribution in [2.24, 2.45) is 11.5 Å². The van der Waals surface area contributed by atoms with Crippen LogP contribution in [0.4, 0.5) is 0 Å². The van der Waals surface area contributed by atoms with Gasteiger partial charge in [0.05, 0.1) is 0 Å². The van der Waals surface area contributed by atoms with E-state index < -0.39 is 0 Å². The molecule has 0 heterocycles. The molecule has 1 unspecified atom stereocenters. The van der Waals surface area contributed by atoms with Gasteiger partial charge in [-0.3, -0.25) is 0 Å². The van der Waals surface area contributed by atoms with Crippen LogP contribution in [-0.4, -0.2) is 12.1 Å². The van der Waals surface area contributed by atoms with Gasteiger partial charge in [-0.05, 0) is 38.3 Å². The fourth-order valence-corrected chi connectivity index (χ4v) is 1.82. The molecule has 0 radical (unpaired) electrons. The third kappa shape index (κ3) is 4.96. The highest BCUT2D eigenvalue weighted by Gasteiger charge is 2.17. The molecule has 0 amide bonds. The van der Waals surface area contributed by atoms with Gasteiger partial charge >= 0.3 is 0 Å². The van der Waals surface area contributed by atoms with Crippen molar-refractivity contribution in [1.29, 1.82) is 0 Å². The molecule has 0 bridgehead atoms. The van der Waals surface area contributed by atoms with Gasteiger partial charge in [0.2, 0.25) is 0 Å². The summed E-state index contributed by atoms with van der Waals surface area (Å²) in [5, 5.41) is 0. The van der Waals surface area contributed by atoms with Gasteiger partial charge in [0.25, 0.3) is 0 Å². The maximum atomic E-state index is 6.25. The van der Waals surface area contributed by atoms with Crippen molar-refractivity contribution in [3.63, 3.8) is 0 Å². The predicted molar refractivity (Wildman–Crippen MR) is 65.6 cm³/mol. The lowest BCUT2D eigenvalue weighted by atomic mass is 9.89. The van der Waals surface area contributed by atoms with Crippen molar-refractivity contribution in [2.75, 3.05) is 6.54 Å². The van der Waals surface area contributed by atoms with Gasteiger partial charge in [0.1, 0.15) is 0 Å². The Labute approximate surface area is 92.7 Å². The second-order valence-electron chi connectivity index (χ2n) is 4.56. The van der Waals surface area contributed by atoms with Crippen LogP contribution in [0.1, 0.15) is 31.7 Å². The Hall–Kier alpha value is -0.860. The normalized spacial score (nSPS) is 14.9. The van der Waals surface area contributed by atoms with Crippen LogP contribution in [0.5, 0.6) is 0 Å². The van der Waals surface area contributed by atoms with E-state index in [0.29, 0.717) is 0 Å². The summed E-state index contributed by atoms with van der Waals surface area (Å²) in [7, 11) is 0. The van der Waals surface area contributed by atoms with Crippen molar-refractivity contribution in [3.8, 4) is 0 Å². The van der Waals surface area contributed by atoms with Crippen LogP contribution in [0, 0.1) is 0 Å². The average Bonchev–Trinajstić information content (AvgIpc) is 2.18. The maximum Gasteiger partial charge on any atom is 0.0166 e. The van der Waals surface area contributed by atoms with Gasteiger partial charge in [-0.1, -0.05) is 36.8 Å². The van der Waals surface area contributed by atoms with Crippen LogP contribution in [0.3, 0.4) is 0 Å². The molecule has 84 valence electrons. The lowest BCUT2D eigenvalue weighted by Gasteiger charge is -2.24. The largest absolute Gasteiger partial charge is 0.330 e. The Kier molecular flexibility index (Phi) is 4.79. The van der Waals surface area contributed by atoms with Crippen LogP contribution < -0.4 is 11.5 Å². The van der Waals surface area contributed by atoms with E-state index in [1.54, 1.807) is 0 Å². The van der Waals surface area contributed by atoms with Crippen molar-refractivity contribution in [1.82, 2.24) is 0 Å². The van der Waals surface area contributed by atoms with E-state index in [-0.39, 0.29) is 5.54 Å². The van der Waals surface area contributed by atoms with Gasteiger partial charge in [0.15, 0.2) is 0 Å². The van der Waals surface area contributed by atoms with E-state index in [9.17, 15) is 0 Å². The fourth-order valence-electron chi connectivity index (χ4n) is 1.82. The van der Waals surface area contributed by atoms with Crippen molar-refractivity contribution < 1.29 is 0 Å².